The third kappa shape index (κ3) is 4.75. The van der Waals surface area contributed by atoms with Crippen LogP contribution in [0.5, 0.6) is 0 Å². The first-order valence-electron chi connectivity index (χ1n) is 22.4. The molecule has 4 bridgehead atoms. The summed E-state index contributed by atoms with van der Waals surface area (Å²) < 4.78 is 0. The first-order valence-corrected chi connectivity index (χ1v) is 22.4. The van der Waals surface area contributed by atoms with Gasteiger partial charge >= 0.3 is 0 Å². The maximum absolute atomic E-state index is 2.54. The molecule has 0 unspecified atom stereocenters. The molecule has 0 saturated heterocycles. The number of anilines is 3. The summed E-state index contributed by atoms with van der Waals surface area (Å²) in [5.41, 5.74) is 20.3. The lowest BCUT2D eigenvalue weighted by Gasteiger charge is -2.61. The van der Waals surface area contributed by atoms with Gasteiger partial charge < -0.3 is 4.90 Å². The molecule has 0 aliphatic heterocycles. The van der Waals surface area contributed by atoms with Crippen molar-refractivity contribution >= 4 is 27.8 Å². The Labute approximate surface area is 354 Å². The Morgan fingerprint density at radius 1 is 0.400 bits per heavy atom. The fourth-order valence-electron chi connectivity index (χ4n) is 13.8. The predicted molar refractivity (Wildman–Crippen MR) is 250 cm³/mol. The zero-order valence-electron chi connectivity index (χ0n) is 34.5. The van der Waals surface area contributed by atoms with Gasteiger partial charge in [0.25, 0.3) is 0 Å². The molecule has 14 rings (SSSR count). The van der Waals surface area contributed by atoms with Crippen molar-refractivity contribution in [1.82, 2.24) is 0 Å². The largest absolute Gasteiger partial charge is 0.310 e. The van der Waals surface area contributed by atoms with Crippen LogP contribution in [0.3, 0.4) is 0 Å². The number of hydrogen-bond donors (Lipinski definition) is 0. The lowest BCUT2D eigenvalue weighted by molar-refractivity contribution is -0.0399. The van der Waals surface area contributed by atoms with Gasteiger partial charge in [0.05, 0.1) is 5.69 Å². The van der Waals surface area contributed by atoms with Crippen LogP contribution in [0.1, 0.15) is 68.2 Å². The highest BCUT2D eigenvalue weighted by Gasteiger charge is 2.61. The van der Waals surface area contributed by atoms with Gasteiger partial charge in [-0.15, -0.1) is 0 Å². The van der Waals surface area contributed by atoms with E-state index in [1.54, 1.807) is 11.1 Å². The van der Waals surface area contributed by atoms with Crippen molar-refractivity contribution in [3.05, 3.63) is 198 Å². The maximum Gasteiger partial charge on any atom is 0.0540 e. The maximum atomic E-state index is 2.54. The van der Waals surface area contributed by atoms with Crippen LogP contribution in [0.15, 0.2) is 176 Å². The van der Waals surface area contributed by atoms with E-state index in [1.165, 1.54) is 110 Å². The monoisotopic (exact) mass is 771 g/mol. The molecule has 8 aromatic rings. The Hall–Kier alpha value is -6.18. The van der Waals surface area contributed by atoms with E-state index in [9.17, 15) is 0 Å². The number of benzene rings is 8. The van der Waals surface area contributed by atoms with E-state index in [4.69, 9.17) is 0 Å². The van der Waals surface area contributed by atoms with E-state index in [0.717, 1.165) is 29.4 Å². The molecule has 1 heteroatoms. The third-order valence-electron chi connectivity index (χ3n) is 16.0. The molecule has 290 valence electrons. The molecule has 60 heavy (non-hydrogen) atoms. The quantitative estimate of drug-likeness (QED) is 0.168. The molecule has 0 radical (unpaired) electrons. The molecule has 0 heterocycles. The molecule has 1 spiro atoms. The first-order chi connectivity index (χ1) is 29.5. The summed E-state index contributed by atoms with van der Waals surface area (Å²) in [5.74, 6) is 3.31. The summed E-state index contributed by atoms with van der Waals surface area (Å²) in [6.07, 6.45) is 7.04. The van der Waals surface area contributed by atoms with Crippen LogP contribution in [0.25, 0.3) is 55.3 Å². The number of para-hydroxylation sites is 1. The molecule has 6 aliphatic rings. The van der Waals surface area contributed by atoms with E-state index in [-0.39, 0.29) is 10.8 Å². The topological polar surface area (TPSA) is 3.24 Å². The minimum Gasteiger partial charge on any atom is -0.310 e. The van der Waals surface area contributed by atoms with Crippen LogP contribution in [0.2, 0.25) is 0 Å². The van der Waals surface area contributed by atoms with E-state index < -0.39 is 0 Å². The third-order valence-corrected chi connectivity index (χ3v) is 16.0. The number of fused-ring (bicyclic) bond motifs is 7. The van der Waals surface area contributed by atoms with Gasteiger partial charge in [-0.05, 0) is 164 Å². The predicted octanol–water partition coefficient (Wildman–Crippen LogP) is 15.7. The van der Waals surface area contributed by atoms with Gasteiger partial charge in [0.2, 0.25) is 0 Å². The van der Waals surface area contributed by atoms with Crippen molar-refractivity contribution in [1.29, 1.82) is 0 Å². The highest BCUT2D eigenvalue weighted by Crippen LogP contribution is 2.70. The molecule has 0 aromatic heterocycles. The molecule has 6 aliphatic carbocycles. The van der Waals surface area contributed by atoms with Crippen LogP contribution >= 0.6 is 0 Å². The number of hydrogen-bond acceptors (Lipinski definition) is 1. The summed E-state index contributed by atoms with van der Waals surface area (Å²) >= 11 is 0. The van der Waals surface area contributed by atoms with Gasteiger partial charge in [0.1, 0.15) is 0 Å². The van der Waals surface area contributed by atoms with Gasteiger partial charge in [-0.3, -0.25) is 0 Å². The van der Waals surface area contributed by atoms with Gasteiger partial charge in [0, 0.05) is 27.8 Å². The van der Waals surface area contributed by atoms with Crippen molar-refractivity contribution in [2.24, 2.45) is 23.7 Å². The second-order valence-corrected chi connectivity index (χ2v) is 19.3. The Morgan fingerprint density at radius 3 is 1.77 bits per heavy atom. The van der Waals surface area contributed by atoms with E-state index in [2.05, 4.69) is 195 Å². The summed E-state index contributed by atoms with van der Waals surface area (Å²) in [4.78, 5) is 2.54. The van der Waals surface area contributed by atoms with Gasteiger partial charge in [0.15, 0.2) is 0 Å². The van der Waals surface area contributed by atoms with Crippen molar-refractivity contribution in [3.8, 4) is 44.5 Å². The molecule has 4 fully saturated rings. The van der Waals surface area contributed by atoms with Crippen molar-refractivity contribution < 1.29 is 0 Å². The fourth-order valence-corrected chi connectivity index (χ4v) is 13.8. The zero-order valence-corrected chi connectivity index (χ0v) is 34.5. The average molecular weight is 772 g/mol. The molecule has 0 atom stereocenters. The van der Waals surface area contributed by atoms with Gasteiger partial charge in [-0.2, -0.15) is 0 Å². The Kier molecular flexibility index (Phi) is 7.32. The first kappa shape index (κ1) is 34.7. The smallest absolute Gasteiger partial charge is 0.0540 e. The van der Waals surface area contributed by atoms with Gasteiger partial charge in [-0.25, -0.2) is 0 Å². The highest BCUT2D eigenvalue weighted by atomic mass is 15.1. The van der Waals surface area contributed by atoms with E-state index >= 15 is 0 Å². The average Bonchev–Trinajstić information content (AvgIpc) is 3.71. The van der Waals surface area contributed by atoms with E-state index in [1.807, 2.05) is 0 Å². The second kappa shape index (κ2) is 12.7. The molecule has 0 N–H and O–H groups in total. The molecule has 1 nitrogen and oxygen atoms in total. The SMILES string of the molecule is CC1(C)c2ccccc2-c2ccc(N(c3ccc(-c4ccc5ccccc5c4)cc3)c3ccccc3-c3cccc4c3-c3ccccc3C43C4CC5CC(C4)CC3C5)cc21. The molecular formula is C59H49N. The summed E-state index contributed by atoms with van der Waals surface area (Å²) in [6, 6.07) is 67.1. The minimum atomic E-state index is -0.107. The highest BCUT2D eigenvalue weighted by molar-refractivity contribution is 5.99. The van der Waals surface area contributed by atoms with Crippen LogP contribution in [-0.2, 0) is 10.8 Å². The zero-order chi connectivity index (χ0) is 39.7. The van der Waals surface area contributed by atoms with Crippen molar-refractivity contribution in [2.75, 3.05) is 4.90 Å². The fraction of sp³-hybridized carbons (Fsp3) is 0.220. The van der Waals surface area contributed by atoms with Gasteiger partial charge in [-0.1, -0.05) is 153 Å². The Balaban J connectivity index is 1.00. The Morgan fingerprint density at radius 2 is 0.983 bits per heavy atom. The molecular weight excluding hydrogens is 723 g/mol. The number of nitrogens with zero attached hydrogens (tertiary/aromatic N) is 1. The second-order valence-electron chi connectivity index (χ2n) is 19.3. The van der Waals surface area contributed by atoms with Crippen LogP contribution in [0.4, 0.5) is 17.1 Å². The summed E-state index contributed by atoms with van der Waals surface area (Å²) in [7, 11) is 0. The van der Waals surface area contributed by atoms with Crippen molar-refractivity contribution in [2.45, 2.75) is 56.8 Å². The van der Waals surface area contributed by atoms with E-state index in [0.29, 0.717) is 0 Å². The van der Waals surface area contributed by atoms with Crippen LogP contribution in [-0.4, -0.2) is 0 Å². The summed E-state index contributed by atoms with van der Waals surface area (Å²) in [5, 5.41) is 2.54. The lowest BCUT2D eigenvalue weighted by atomic mass is 9.43. The number of rotatable bonds is 5. The molecule has 0 amide bonds. The normalized spacial score (nSPS) is 23.4. The molecule has 4 saturated carbocycles. The standard InChI is InChI=1S/C59H49N/c1-58(2)52-18-8-5-14-47(52)48-29-28-46(36-55(48)58)60(45-26-24-40(25-27-45)42-23-22-39-12-3-4-13-41(39)35-42)56-21-10-7-15-49(56)50-17-11-20-54-57(50)51-16-6-9-19-53(51)59(54)43-31-37-30-38(33-43)34-44(59)32-37/h3-29,35-38,43-44H,30-34H2,1-2H3. The van der Waals surface area contributed by atoms with Crippen LogP contribution < -0.4 is 4.90 Å². The van der Waals surface area contributed by atoms with Crippen molar-refractivity contribution in [3.63, 3.8) is 0 Å². The lowest BCUT2D eigenvalue weighted by Crippen LogP contribution is -2.55. The molecule has 8 aromatic carbocycles. The minimum absolute atomic E-state index is 0.107. The van der Waals surface area contributed by atoms with Crippen LogP contribution in [0, 0.1) is 23.7 Å². The Bertz CT molecular complexity index is 3010. The summed E-state index contributed by atoms with van der Waals surface area (Å²) in [6.45, 7) is 4.78.